The van der Waals surface area contributed by atoms with Gasteiger partial charge >= 0.3 is 0 Å². The molecule has 196 valence electrons. The first-order chi connectivity index (χ1) is 16.5. The summed E-state index contributed by atoms with van der Waals surface area (Å²) in [5.74, 6) is 1.25. The Balaban J connectivity index is 0.00000228. The molecule has 2 atom stereocenters. The first-order valence-electron chi connectivity index (χ1n) is 11.8. The van der Waals surface area contributed by atoms with Gasteiger partial charge in [0.15, 0.2) is 11.6 Å². The van der Waals surface area contributed by atoms with Crippen LogP contribution in [0.15, 0.2) is 41.0 Å². The monoisotopic (exact) mass is 536 g/mol. The van der Waals surface area contributed by atoms with Crippen molar-refractivity contribution in [3.63, 3.8) is 0 Å². The molecule has 1 amide bonds. The molecule has 1 aromatic carbocycles. The lowest BCUT2D eigenvalue weighted by atomic mass is 9.90. The SMILES string of the molecule is COCCCNC(=O)c1nc(N[C@H]2CCCC[C@H]2NC(=N)c2ccco2)c2cc(C)ccc2n1.Cl.Cl. The van der Waals surface area contributed by atoms with Gasteiger partial charge in [0.05, 0.1) is 11.8 Å². The summed E-state index contributed by atoms with van der Waals surface area (Å²) in [6.45, 7) is 3.09. The summed E-state index contributed by atoms with van der Waals surface area (Å²) in [4.78, 5) is 21.9. The number of nitrogens with one attached hydrogen (secondary N) is 4. The van der Waals surface area contributed by atoms with E-state index in [0.29, 0.717) is 30.2 Å². The Labute approximate surface area is 223 Å². The van der Waals surface area contributed by atoms with Crippen molar-refractivity contribution in [1.29, 1.82) is 5.41 Å². The zero-order valence-corrected chi connectivity index (χ0v) is 22.1. The molecule has 2 aromatic heterocycles. The average Bonchev–Trinajstić information content (AvgIpc) is 3.38. The van der Waals surface area contributed by atoms with Crippen LogP contribution in [-0.4, -0.2) is 54.1 Å². The number of furan rings is 1. The number of methoxy groups -OCH3 is 1. The minimum absolute atomic E-state index is 0. The van der Waals surface area contributed by atoms with E-state index < -0.39 is 0 Å². The molecule has 36 heavy (non-hydrogen) atoms. The summed E-state index contributed by atoms with van der Waals surface area (Å²) < 4.78 is 10.4. The van der Waals surface area contributed by atoms with Gasteiger partial charge in [0, 0.05) is 37.7 Å². The number of nitrogens with zero attached hydrogens (tertiary/aromatic N) is 2. The Bertz CT molecular complexity index is 1140. The third kappa shape index (κ3) is 7.32. The first-order valence-corrected chi connectivity index (χ1v) is 11.8. The maximum Gasteiger partial charge on any atom is 0.289 e. The number of carbonyl (C=O) groups is 1. The van der Waals surface area contributed by atoms with Crippen LogP contribution in [0.1, 0.15) is 54.0 Å². The highest BCUT2D eigenvalue weighted by atomic mass is 35.5. The number of hydrogen-bond donors (Lipinski definition) is 4. The predicted molar refractivity (Wildman–Crippen MR) is 146 cm³/mol. The molecule has 0 aliphatic heterocycles. The molecule has 0 unspecified atom stereocenters. The minimum atomic E-state index is -0.306. The van der Waals surface area contributed by atoms with Gasteiger partial charge in [-0.1, -0.05) is 24.5 Å². The van der Waals surface area contributed by atoms with Crippen molar-refractivity contribution in [2.24, 2.45) is 0 Å². The van der Waals surface area contributed by atoms with E-state index in [9.17, 15) is 4.79 Å². The third-order valence-corrected chi connectivity index (χ3v) is 6.05. The molecule has 0 radical (unpaired) electrons. The first kappa shape index (κ1) is 29.4. The van der Waals surface area contributed by atoms with Crippen LogP contribution in [0.2, 0.25) is 0 Å². The summed E-state index contributed by atoms with van der Waals surface area (Å²) in [5.41, 5.74) is 1.81. The van der Waals surface area contributed by atoms with Gasteiger partial charge in [0.2, 0.25) is 5.82 Å². The highest BCUT2D eigenvalue weighted by Crippen LogP contribution is 2.27. The van der Waals surface area contributed by atoms with Crippen LogP contribution < -0.4 is 16.0 Å². The second-order valence-corrected chi connectivity index (χ2v) is 8.66. The van der Waals surface area contributed by atoms with Crippen LogP contribution in [0.4, 0.5) is 5.82 Å². The van der Waals surface area contributed by atoms with Crippen molar-refractivity contribution < 1.29 is 13.9 Å². The van der Waals surface area contributed by atoms with Crippen molar-refractivity contribution in [2.45, 2.75) is 51.1 Å². The molecule has 3 aromatic rings. The molecular formula is C25H34Cl2N6O3. The largest absolute Gasteiger partial charge is 0.461 e. The smallest absolute Gasteiger partial charge is 0.289 e. The van der Waals surface area contributed by atoms with Gasteiger partial charge in [-0.25, -0.2) is 9.97 Å². The fraction of sp³-hybridized carbons (Fsp3) is 0.440. The summed E-state index contributed by atoms with van der Waals surface area (Å²) in [6.07, 6.45) is 6.31. The van der Waals surface area contributed by atoms with Crippen LogP contribution in [-0.2, 0) is 4.74 Å². The summed E-state index contributed by atoms with van der Waals surface area (Å²) in [7, 11) is 1.64. The molecule has 0 spiro atoms. The Morgan fingerprint density at radius 1 is 1.17 bits per heavy atom. The number of hydrogen-bond acceptors (Lipinski definition) is 7. The van der Waals surface area contributed by atoms with Crippen LogP contribution in [0.3, 0.4) is 0 Å². The lowest BCUT2D eigenvalue weighted by Crippen LogP contribution is -2.48. The van der Waals surface area contributed by atoms with Crippen LogP contribution in [0.5, 0.6) is 0 Å². The zero-order chi connectivity index (χ0) is 23.9. The zero-order valence-electron chi connectivity index (χ0n) is 20.5. The van der Waals surface area contributed by atoms with Gasteiger partial charge in [-0.15, -0.1) is 24.8 Å². The molecule has 1 fully saturated rings. The van der Waals surface area contributed by atoms with Gasteiger partial charge in [-0.05, 0) is 50.5 Å². The van der Waals surface area contributed by atoms with Crippen LogP contribution >= 0.6 is 24.8 Å². The number of aryl methyl sites for hydroxylation is 1. The maximum atomic E-state index is 12.7. The Kier molecular flexibility index (Phi) is 11.4. The molecule has 0 bridgehead atoms. The van der Waals surface area contributed by atoms with Crippen molar-refractivity contribution in [2.75, 3.05) is 25.6 Å². The fourth-order valence-corrected chi connectivity index (χ4v) is 4.28. The Hall–Kier alpha value is -2.88. The van der Waals surface area contributed by atoms with Gasteiger partial charge in [-0.3, -0.25) is 10.2 Å². The number of amidine groups is 1. The molecule has 0 saturated heterocycles. The lowest BCUT2D eigenvalue weighted by Gasteiger charge is -2.34. The topological polar surface area (TPSA) is 125 Å². The Morgan fingerprint density at radius 2 is 1.94 bits per heavy atom. The van der Waals surface area contributed by atoms with E-state index in [-0.39, 0.29) is 54.5 Å². The van der Waals surface area contributed by atoms with Crippen molar-refractivity contribution in [3.8, 4) is 0 Å². The van der Waals surface area contributed by atoms with E-state index >= 15 is 0 Å². The van der Waals surface area contributed by atoms with E-state index in [2.05, 4.69) is 25.9 Å². The number of amides is 1. The van der Waals surface area contributed by atoms with E-state index in [1.54, 1.807) is 25.5 Å². The van der Waals surface area contributed by atoms with Crippen molar-refractivity contribution >= 4 is 53.3 Å². The molecule has 1 aliphatic carbocycles. The van der Waals surface area contributed by atoms with Gasteiger partial charge < -0.3 is 25.1 Å². The Morgan fingerprint density at radius 3 is 2.67 bits per heavy atom. The second-order valence-electron chi connectivity index (χ2n) is 8.66. The highest BCUT2D eigenvalue weighted by Gasteiger charge is 2.28. The average molecular weight is 537 g/mol. The number of halogens is 2. The van der Waals surface area contributed by atoms with Crippen molar-refractivity contribution in [3.05, 3.63) is 53.7 Å². The molecule has 4 rings (SSSR count). The van der Waals surface area contributed by atoms with Crippen LogP contribution in [0.25, 0.3) is 10.9 Å². The number of ether oxygens (including phenoxy) is 1. The lowest BCUT2D eigenvalue weighted by molar-refractivity contribution is 0.0938. The number of fused-ring (bicyclic) bond motifs is 1. The number of aromatic nitrogens is 2. The highest BCUT2D eigenvalue weighted by molar-refractivity contribution is 5.97. The molecular weight excluding hydrogens is 503 g/mol. The van der Waals surface area contributed by atoms with E-state index in [1.807, 2.05) is 25.1 Å². The molecule has 11 heteroatoms. The second kappa shape index (κ2) is 14.0. The summed E-state index contributed by atoms with van der Waals surface area (Å²) in [6, 6.07) is 9.57. The molecule has 4 N–H and O–H groups in total. The third-order valence-electron chi connectivity index (χ3n) is 6.05. The number of carbonyl (C=O) groups excluding carboxylic acids is 1. The maximum absolute atomic E-state index is 12.7. The van der Waals surface area contributed by atoms with Gasteiger partial charge in [0.1, 0.15) is 5.82 Å². The van der Waals surface area contributed by atoms with Gasteiger partial charge in [-0.2, -0.15) is 0 Å². The van der Waals surface area contributed by atoms with Crippen LogP contribution in [0, 0.1) is 12.3 Å². The molecule has 2 heterocycles. The standard InChI is InChI=1S/C25H32N6O3.2ClH/c1-16-10-11-18-17(15-16)23(31-24(29-18)25(32)27-12-6-13-33-2)30-20-8-4-3-7-19(20)28-22(26)21-9-5-14-34-21;;/h5,9-11,14-15,19-20H,3-4,6-8,12-13H2,1-2H3,(H2,26,28)(H,27,32)(H,29,30,31);2*1H/t19-,20+;;/m1../s1. The van der Waals surface area contributed by atoms with E-state index in [0.717, 1.165) is 43.1 Å². The van der Waals surface area contributed by atoms with Crippen molar-refractivity contribution in [1.82, 2.24) is 20.6 Å². The fourth-order valence-electron chi connectivity index (χ4n) is 4.28. The van der Waals surface area contributed by atoms with E-state index in [4.69, 9.17) is 14.6 Å². The molecule has 9 nitrogen and oxygen atoms in total. The van der Waals surface area contributed by atoms with E-state index in [1.165, 1.54) is 0 Å². The minimum Gasteiger partial charge on any atom is -0.461 e. The number of rotatable bonds is 9. The molecule has 1 aliphatic rings. The quantitative estimate of drug-likeness (QED) is 0.180. The normalized spacial score (nSPS) is 16.9. The number of anilines is 1. The van der Waals surface area contributed by atoms with Gasteiger partial charge in [0.25, 0.3) is 5.91 Å². The summed E-state index contributed by atoms with van der Waals surface area (Å²) in [5, 5.41) is 19.0. The molecule has 1 saturated carbocycles. The number of benzene rings is 1. The predicted octanol–water partition coefficient (Wildman–Crippen LogP) is 4.48. The summed E-state index contributed by atoms with van der Waals surface area (Å²) >= 11 is 0.